The molecule has 1 amide bonds. The van der Waals surface area contributed by atoms with E-state index in [1.165, 1.54) is 11.9 Å². The number of benzene rings is 1. The number of likely N-dealkylation sites (N-methyl/N-ethyl adjacent to an activating group) is 1. The number of amides is 1. The average Bonchev–Trinajstić information content (AvgIpc) is 2.95. The fraction of sp³-hybridized carbons (Fsp3) is 0.533. The average molecular weight is 300 g/mol. The molecule has 2 rings (SSSR count). The van der Waals surface area contributed by atoms with Crippen molar-refractivity contribution in [3.8, 4) is 0 Å². The third-order valence-electron chi connectivity index (χ3n) is 4.03. The van der Waals surface area contributed by atoms with E-state index in [-0.39, 0.29) is 26.1 Å². The lowest BCUT2D eigenvalue weighted by Gasteiger charge is -2.33. The van der Waals surface area contributed by atoms with Gasteiger partial charge in [0, 0.05) is 20.1 Å². The molecule has 1 unspecified atom stereocenters. The summed E-state index contributed by atoms with van der Waals surface area (Å²) in [5.41, 5.74) is -1.26. The van der Waals surface area contributed by atoms with Crippen molar-refractivity contribution in [2.75, 3.05) is 26.7 Å². The van der Waals surface area contributed by atoms with Crippen molar-refractivity contribution in [1.82, 2.24) is 10.2 Å². The van der Waals surface area contributed by atoms with Gasteiger partial charge in [0.2, 0.25) is 5.91 Å². The van der Waals surface area contributed by atoms with Crippen molar-refractivity contribution in [2.45, 2.75) is 19.0 Å². The molecule has 6 heteroatoms. The largest absolute Gasteiger partial charge is 0.404 e. The summed E-state index contributed by atoms with van der Waals surface area (Å²) >= 11 is 0. The van der Waals surface area contributed by atoms with E-state index in [1.54, 1.807) is 0 Å². The topological polar surface area (TPSA) is 32.3 Å². The molecule has 1 saturated heterocycles. The van der Waals surface area contributed by atoms with Crippen molar-refractivity contribution in [2.24, 2.45) is 5.41 Å². The highest BCUT2D eigenvalue weighted by Crippen LogP contribution is 2.44. The zero-order valence-corrected chi connectivity index (χ0v) is 11.9. The van der Waals surface area contributed by atoms with Crippen LogP contribution in [0.15, 0.2) is 30.3 Å². The number of rotatable bonds is 4. The Kier molecular flexibility index (Phi) is 4.56. The minimum absolute atomic E-state index is 0.189. The molecule has 1 N–H and O–H groups in total. The highest BCUT2D eigenvalue weighted by Gasteiger charge is 2.62. The van der Waals surface area contributed by atoms with Crippen LogP contribution in [-0.2, 0) is 11.2 Å². The Hall–Kier alpha value is -1.56. The summed E-state index contributed by atoms with van der Waals surface area (Å²) in [5.74, 6) is -0.837. The third-order valence-corrected chi connectivity index (χ3v) is 4.03. The zero-order chi connectivity index (χ0) is 15.5. The van der Waals surface area contributed by atoms with Crippen LogP contribution in [0.4, 0.5) is 13.2 Å². The van der Waals surface area contributed by atoms with Crippen LogP contribution in [0, 0.1) is 5.41 Å². The van der Waals surface area contributed by atoms with Crippen LogP contribution in [0.1, 0.15) is 12.0 Å². The Morgan fingerprint density at radius 2 is 2.00 bits per heavy atom. The van der Waals surface area contributed by atoms with Crippen LogP contribution in [0.3, 0.4) is 0 Å². The smallest absolute Gasteiger partial charge is 0.345 e. The maximum absolute atomic E-state index is 13.3. The standard InChI is InChI=1S/C15H19F3N2O/c1-20(10-7-12-5-3-2-4-6-12)13(21)14(15(16,17)18)8-9-19-11-14/h2-6,19H,7-11H2,1H3. The third kappa shape index (κ3) is 3.20. The van der Waals surface area contributed by atoms with E-state index < -0.39 is 17.5 Å². The van der Waals surface area contributed by atoms with E-state index in [1.807, 2.05) is 30.3 Å². The molecule has 0 aromatic heterocycles. The van der Waals surface area contributed by atoms with Crippen molar-refractivity contribution in [3.05, 3.63) is 35.9 Å². The molecular weight excluding hydrogens is 281 g/mol. The van der Waals surface area contributed by atoms with Gasteiger partial charge in [-0.15, -0.1) is 0 Å². The van der Waals surface area contributed by atoms with Crippen LogP contribution in [0.5, 0.6) is 0 Å². The van der Waals surface area contributed by atoms with Gasteiger partial charge in [-0.3, -0.25) is 4.79 Å². The first kappa shape index (κ1) is 15.8. The highest BCUT2D eigenvalue weighted by molar-refractivity contribution is 5.84. The number of carbonyl (C=O) groups is 1. The first-order valence-electron chi connectivity index (χ1n) is 6.94. The normalized spacial score (nSPS) is 22.3. The lowest BCUT2D eigenvalue weighted by atomic mass is 9.84. The van der Waals surface area contributed by atoms with Gasteiger partial charge >= 0.3 is 6.18 Å². The Morgan fingerprint density at radius 3 is 2.52 bits per heavy atom. The first-order valence-corrected chi connectivity index (χ1v) is 6.94. The summed E-state index contributed by atoms with van der Waals surface area (Å²) in [6.45, 7) is 0.170. The molecule has 1 heterocycles. The molecule has 1 aromatic rings. The molecule has 116 valence electrons. The van der Waals surface area contributed by atoms with Crippen LogP contribution in [-0.4, -0.2) is 43.7 Å². The molecule has 0 radical (unpaired) electrons. The molecule has 21 heavy (non-hydrogen) atoms. The molecule has 1 atom stereocenters. The highest BCUT2D eigenvalue weighted by atomic mass is 19.4. The Morgan fingerprint density at radius 1 is 1.33 bits per heavy atom. The second-order valence-corrected chi connectivity index (χ2v) is 5.47. The van der Waals surface area contributed by atoms with Gasteiger partial charge in [-0.1, -0.05) is 30.3 Å². The van der Waals surface area contributed by atoms with Gasteiger partial charge in [-0.2, -0.15) is 13.2 Å². The predicted octanol–water partition coefficient (Wildman–Crippen LogP) is 2.23. The predicted molar refractivity (Wildman–Crippen MR) is 73.8 cm³/mol. The fourth-order valence-corrected chi connectivity index (χ4v) is 2.65. The summed E-state index contributed by atoms with van der Waals surface area (Å²) in [6.07, 6.45) is -4.16. The molecule has 1 aromatic carbocycles. The van der Waals surface area contributed by atoms with Gasteiger partial charge in [0.1, 0.15) is 0 Å². The lowest BCUT2D eigenvalue weighted by molar-refractivity contribution is -0.221. The molecule has 3 nitrogen and oxygen atoms in total. The molecule has 0 bridgehead atoms. The molecule has 0 saturated carbocycles. The van der Waals surface area contributed by atoms with Gasteiger partial charge in [-0.05, 0) is 24.9 Å². The number of halogens is 3. The van der Waals surface area contributed by atoms with Crippen LogP contribution in [0.2, 0.25) is 0 Å². The van der Waals surface area contributed by atoms with Gasteiger partial charge in [0.25, 0.3) is 0 Å². The molecule has 1 fully saturated rings. The van der Waals surface area contributed by atoms with Crippen molar-refractivity contribution < 1.29 is 18.0 Å². The quantitative estimate of drug-likeness (QED) is 0.925. The number of hydrogen-bond acceptors (Lipinski definition) is 2. The van der Waals surface area contributed by atoms with Crippen LogP contribution >= 0.6 is 0 Å². The van der Waals surface area contributed by atoms with Crippen LogP contribution in [0.25, 0.3) is 0 Å². The number of hydrogen-bond donors (Lipinski definition) is 1. The number of nitrogens with zero attached hydrogens (tertiary/aromatic N) is 1. The minimum atomic E-state index is -4.52. The molecular formula is C15H19F3N2O. The summed E-state index contributed by atoms with van der Waals surface area (Å²) in [4.78, 5) is 13.5. The van der Waals surface area contributed by atoms with E-state index in [0.717, 1.165) is 5.56 Å². The number of alkyl halides is 3. The van der Waals surface area contributed by atoms with Gasteiger partial charge in [-0.25, -0.2) is 0 Å². The second kappa shape index (κ2) is 6.05. The molecule has 0 spiro atoms. The molecule has 1 aliphatic rings. The molecule has 1 aliphatic heterocycles. The Labute approximate surface area is 122 Å². The minimum Gasteiger partial charge on any atom is -0.345 e. The Bertz CT molecular complexity index is 481. The number of carbonyl (C=O) groups excluding carboxylic acids is 1. The van der Waals surface area contributed by atoms with Gasteiger partial charge in [0.05, 0.1) is 0 Å². The summed E-state index contributed by atoms with van der Waals surface area (Å²) in [6, 6.07) is 9.41. The van der Waals surface area contributed by atoms with Gasteiger partial charge < -0.3 is 10.2 Å². The maximum Gasteiger partial charge on any atom is 0.404 e. The summed E-state index contributed by atoms with van der Waals surface area (Å²) in [5, 5.41) is 2.66. The van der Waals surface area contributed by atoms with E-state index in [9.17, 15) is 18.0 Å². The van der Waals surface area contributed by atoms with Crippen LogP contribution < -0.4 is 5.32 Å². The first-order chi connectivity index (χ1) is 9.87. The molecule has 0 aliphatic carbocycles. The number of nitrogens with one attached hydrogen (secondary N) is 1. The zero-order valence-electron chi connectivity index (χ0n) is 11.9. The SMILES string of the molecule is CN(CCc1ccccc1)C(=O)C1(C(F)(F)F)CCNC1. The van der Waals surface area contributed by atoms with E-state index in [0.29, 0.717) is 6.42 Å². The maximum atomic E-state index is 13.3. The van der Waals surface area contributed by atoms with Crippen molar-refractivity contribution in [3.63, 3.8) is 0 Å². The monoisotopic (exact) mass is 300 g/mol. The van der Waals surface area contributed by atoms with E-state index >= 15 is 0 Å². The fourth-order valence-electron chi connectivity index (χ4n) is 2.65. The second-order valence-electron chi connectivity index (χ2n) is 5.47. The van der Waals surface area contributed by atoms with E-state index in [4.69, 9.17) is 0 Å². The van der Waals surface area contributed by atoms with Crippen molar-refractivity contribution in [1.29, 1.82) is 0 Å². The summed E-state index contributed by atoms with van der Waals surface area (Å²) in [7, 11) is 1.44. The lowest BCUT2D eigenvalue weighted by Crippen LogP contribution is -2.53. The summed E-state index contributed by atoms with van der Waals surface area (Å²) < 4.78 is 39.9. The Balaban J connectivity index is 2.04. The van der Waals surface area contributed by atoms with E-state index in [2.05, 4.69) is 5.32 Å². The van der Waals surface area contributed by atoms with Crippen molar-refractivity contribution >= 4 is 5.91 Å². The van der Waals surface area contributed by atoms with Gasteiger partial charge in [0.15, 0.2) is 5.41 Å².